The minimum Gasteiger partial charge on any atom is -0.493 e. The van der Waals surface area contributed by atoms with Crippen LogP contribution in [0.25, 0.3) is 0 Å². The van der Waals surface area contributed by atoms with Gasteiger partial charge in [-0.15, -0.1) is 0 Å². The first-order valence-electron chi connectivity index (χ1n) is 7.53. The highest BCUT2D eigenvalue weighted by molar-refractivity contribution is 5.95. The molecule has 1 fully saturated rings. The number of benzene rings is 1. The molecule has 1 saturated heterocycles. The van der Waals surface area contributed by atoms with Crippen LogP contribution in [0.3, 0.4) is 0 Å². The molecule has 0 spiro atoms. The molecule has 0 radical (unpaired) electrons. The van der Waals surface area contributed by atoms with Gasteiger partial charge in [0.25, 0.3) is 5.91 Å². The summed E-state index contributed by atoms with van der Waals surface area (Å²) in [5.41, 5.74) is 6.15. The number of hydrogen-bond donors (Lipinski definition) is 1. The van der Waals surface area contributed by atoms with Crippen LogP contribution in [0.5, 0.6) is 11.5 Å². The molecule has 7 heteroatoms. The fourth-order valence-corrected chi connectivity index (χ4v) is 2.57. The zero-order chi connectivity index (χ0) is 17.0. The van der Waals surface area contributed by atoms with Crippen molar-refractivity contribution < 1.29 is 19.1 Å². The Morgan fingerprint density at radius 2 is 1.61 bits per heavy atom. The molecule has 2 rings (SSSR count). The van der Waals surface area contributed by atoms with Gasteiger partial charge < -0.3 is 25.0 Å². The molecule has 1 aromatic rings. The van der Waals surface area contributed by atoms with Crippen LogP contribution in [-0.4, -0.2) is 68.1 Å². The molecule has 2 N–H and O–H groups in total. The van der Waals surface area contributed by atoms with Gasteiger partial charge in [0, 0.05) is 31.7 Å². The van der Waals surface area contributed by atoms with Crippen molar-refractivity contribution in [1.82, 2.24) is 9.80 Å². The van der Waals surface area contributed by atoms with Gasteiger partial charge in [-0.25, -0.2) is 0 Å². The van der Waals surface area contributed by atoms with Crippen LogP contribution >= 0.6 is 0 Å². The third-order valence-corrected chi connectivity index (χ3v) is 3.90. The molecule has 1 unspecified atom stereocenters. The number of carbonyl (C=O) groups excluding carboxylic acids is 2. The second-order valence-corrected chi connectivity index (χ2v) is 5.48. The lowest BCUT2D eigenvalue weighted by Gasteiger charge is -2.35. The molecular weight excluding hydrogens is 298 g/mol. The monoisotopic (exact) mass is 321 g/mol. The Morgan fingerprint density at radius 1 is 1.04 bits per heavy atom. The first-order valence-corrected chi connectivity index (χ1v) is 7.53. The highest BCUT2D eigenvalue weighted by atomic mass is 16.5. The fraction of sp³-hybridized carbons (Fsp3) is 0.500. The summed E-state index contributed by atoms with van der Waals surface area (Å²) >= 11 is 0. The molecule has 0 aliphatic carbocycles. The smallest absolute Gasteiger partial charge is 0.254 e. The van der Waals surface area contributed by atoms with Gasteiger partial charge in [0.1, 0.15) is 0 Å². The summed E-state index contributed by atoms with van der Waals surface area (Å²) in [7, 11) is 3.08. The van der Waals surface area contributed by atoms with Gasteiger partial charge in [-0.2, -0.15) is 0 Å². The number of hydrogen-bond acceptors (Lipinski definition) is 5. The molecule has 126 valence electrons. The van der Waals surface area contributed by atoms with E-state index in [1.54, 1.807) is 42.0 Å². The molecule has 0 saturated carbocycles. The zero-order valence-corrected chi connectivity index (χ0v) is 13.7. The average molecular weight is 321 g/mol. The maximum Gasteiger partial charge on any atom is 0.254 e. The minimum atomic E-state index is -0.511. The number of piperazine rings is 1. The van der Waals surface area contributed by atoms with Crippen molar-refractivity contribution in [2.75, 3.05) is 40.4 Å². The first-order chi connectivity index (χ1) is 11.0. The highest BCUT2D eigenvalue weighted by Crippen LogP contribution is 2.28. The lowest BCUT2D eigenvalue weighted by molar-refractivity contribution is -0.133. The van der Waals surface area contributed by atoms with Crippen molar-refractivity contribution in [3.05, 3.63) is 23.8 Å². The number of methoxy groups -OCH3 is 2. The van der Waals surface area contributed by atoms with Crippen molar-refractivity contribution in [1.29, 1.82) is 0 Å². The molecule has 0 aromatic heterocycles. The fourth-order valence-electron chi connectivity index (χ4n) is 2.57. The van der Waals surface area contributed by atoms with E-state index in [0.29, 0.717) is 43.2 Å². The molecule has 2 amide bonds. The van der Waals surface area contributed by atoms with Gasteiger partial charge in [-0.3, -0.25) is 9.59 Å². The topological polar surface area (TPSA) is 85.1 Å². The minimum absolute atomic E-state index is 0.0804. The van der Waals surface area contributed by atoms with Crippen molar-refractivity contribution in [3.63, 3.8) is 0 Å². The summed E-state index contributed by atoms with van der Waals surface area (Å²) in [5, 5.41) is 0. The Hall–Kier alpha value is -2.28. The number of ether oxygens (including phenoxy) is 2. The van der Waals surface area contributed by atoms with Gasteiger partial charge in [0.15, 0.2) is 11.5 Å². The zero-order valence-electron chi connectivity index (χ0n) is 13.7. The standard InChI is InChI=1S/C16H23N3O4/c1-11(17)15(20)18-6-8-19(9-7-18)16(21)12-4-5-13(22-2)14(10-12)23-3/h4-5,10-11H,6-9,17H2,1-3H3. The first kappa shape index (κ1) is 17.1. The predicted molar refractivity (Wildman–Crippen MR) is 85.7 cm³/mol. The van der Waals surface area contributed by atoms with Crippen LogP contribution in [0.1, 0.15) is 17.3 Å². The van der Waals surface area contributed by atoms with Crippen molar-refractivity contribution >= 4 is 11.8 Å². The van der Waals surface area contributed by atoms with Gasteiger partial charge in [-0.1, -0.05) is 0 Å². The van der Waals surface area contributed by atoms with Crippen LogP contribution < -0.4 is 15.2 Å². The van der Waals surface area contributed by atoms with Crippen molar-refractivity contribution in [3.8, 4) is 11.5 Å². The summed E-state index contributed by atoms with van der Waals surface area (Å²) in [6.07, 6.45) is 0. The Bertz CT molecular complexity index is 581. The van der Waals surface area contributed by atoms with E-state index in [1.165, 1.54) is 7.11 Å². The van der Waals surface area contributed by atoms with E-state index in [9.17, 15) is 9.59 Å². The molecule has 1 aliphatic heterocycles. The number of carbonyl (C=O) groups is 2. The Balaban J connectivity index is 2.04. The largest absolute Gasteiger partial charge is 0.493 e. The lowest BCUT2D eigenvalue weighted by atomic mass is 10.1. The van der Waals surface area contributed by atoms with E-state index in [-0.39, 0.29) is 11.8 Å². The SMILES string of the molecule is COc1ccc(C(=O)N2CCN(C(=O)C(C)N)CC2)cc1OC. The Labute approximate surface area is 135 Å². The number of nitrogens with two attached hydrogens (primary N) is 1. The third-order valence-electron chi connectivity index (χ3n) is 3.90. The summed E-state index contributed by atoms with van der Waals surface area (Å²) < 4.78 is 10.4. The number of nitrogens with zero attached hydrogens (tertiary/aromatic N) is 2. The second-order valence-electron chi connectivity index (χ2n) is 5.48. The molecule has 1 atom stereocenters. The highest BCUT2D eigenvalue weighted by Gasteiger charge is 2.26. The number of rotatable bonds is 4. The van der Waals surface area contributed by atoms with E-state index in [0.717, 1.165) is 0 Å². The van der Waals surface area contributed by atoms with Crippen molar-refractivity contribution in [2.24, 2.45) is 5.73 Å². The molecule has 0 bridgehead atoms. The lowest BCUT2D eigenvalue weighted by Crippen LogP contribution is -2.53. The number of amides is 2. The van der Waals surface area contributed by atoms with Gasteiger partial charge in [0.2, 0.25) is 5.91 Å². The van der Waals surface area contributed by atoms with Crippen LogP contribution in [0.4, 0.5) is 0 Å². The molecule has 1 aliphatic rings. The summed E-state index contributed by atoms with van der Waals surface area (Å²) in [4.78, 5) is 27.9. The van der Waals surface area contributed by atoms with Crippen LogP contribution in [0, 0.1) is 0 Å². The van der Waals surface area contributed by atoms with Gasteiger partial charge in [0.05, 0.1) is 20.3 Å². The van der Waals surface area contributed by atoms with E-state index in [4.69, 9.17) is 15.2 Å². The Kier molecular flexibility index (Phi) is 5.44. The molecule has 23 heavy (non-hydrogen) atoms. The average Bonchev–Trinajstić information content (AvgIpc) is 2.59. The molecule has 1 aromatic carbocycles. The van der Waals surface area contributed by atoms with Crippen LogP contribution in [-0.2, 0) is 4.79 Å². The maximum atomic E-state index is 12.6. The quantitative estimate of drug-likeness (QED) is 0.864. The normalized spacial score (nSPS) is 16.0. The second kappa shape index (κ2) is 7.32. The third kappa shape index (κ3) is 3.73. The Morgan fingerprint density at radius 3 is 2.13 bits per heavy atom. The predicted octanol–water partition coefficient (Wildman–Crippen LogP) is 0.335. The summed E-state index contributed by atoms with van der Waals surface area (Å²) in [6.45, 7) is 3.65. The van der Waals surface area contributed by atoms with Crippen LogP contribution in [0.2, 0.25) is 0 Å². The maximum absolute atomic E-state index is 12.6. The van der Waals surface area contributed by atoms with Gasteiger partial charge in [-0.05, 0) is 25.1 Å². The van der Waals surface area contributed by atoms with E-state index in [2.05, 4.69) is 0 Å². The van der Waals surface area contributed by atoms with E-state index in [1.807, 2.05) is 0 Å². The van der Waals surface area contributed by atoms with E-state index >= 15 is 0 Å². The summed E-state index contributed by atoms with van der Waals surface area (Å²) in [6, 6.07) is 4.58. The molecule has 1 heterocycles. The molecule has 7 nitrogen and oxygen atoms in total. The summed E-state index contributed by atoms with van der Waals surface area (Å²) in [5.74, 6) is 0.933. The van der Waals surface area contributed by atoms with Crippen LogP contribution in [0.15, 0.2) is 18.2 Å². The van der Waals surface area contributed by atoms with Crippen molar-refractivity contribution in [2.45, 2.75) is 13.0 Å². The van der Waals surface area contributed by atoms with E-state index < -0.39 is 6.04 Å². The molecular formula is C16H23N3O4. The van der Waals surface area contributed by atoms with Gasteiger partial charge >= 0.3 is 0 Å².